The summed E-state index contributed by atoms with van der Waals surface area (Å²) in [5.41, 5.74) is 5.79. The van der Waals surface area contributed by atoms with Gasteiger partial charge in [-0.2, -0.15) is 0 Å². The predicted molar refractivity (Wildman–Crippen MR) is 61.0 cm³/mol. The molecule has 17 heavy (non-hydrogen) atoms. The first-order chi connectivity index (χ1) is 8.29. The SMILES string of the molecule is NCCn1cnc(C(=O)NCc2ncc[nH]2)c1. The fourth-order valence-corrected chi connectivity index (χ4v) is 1.40. The summed E-state index contributed by atoms with van der Waals surface area (Å²) in [6, 6.07) is 0. The van der Waals surface area contributed by atoms with Gasteiger partial charge in [0.2, 0.25) is 0 Å². The van der Waals surface area contributed by atoms with Crippen LogP contribution in [-0.2, 0) is 13.1 Å². The maximum absolute atomic E-state index is 11.7. The Bertz CT molecular complexity index is 475. The van der Waals surface area contributed by atoms with Crippen molar-refractivity contribution >= 4 is 5.91 Å². The van der Waals surface area contributed by atoms with Crippen molar-refractivity contribution in [3.63, 3.8) is 0 Å². The van der Waals surface area contributed by atoms with Gasteiger partial charge in [-0.3, -0.25) is 4.79 Å². The minimum atomic E-state index is -0.225. The Kier molecular flexibility index (Phi) is 3.51. The van der Waals surface area contributed by atoms with Crippen LogP contribution in [0, 0.1) is 0 Å². The summed E-state index contributed by atoms with van der Waals surface area (Å²) < 4.78 is 1.78. The Morgan fingerprint density at radius 3 is 3.12 bits per heavy atom. The lowest BCUT2D eigenvalue weighted by Gasteiger charge is -2.00. The van der Waals surface area contributed by atoms with Crippen LogP contribution in [0.4, 0.5) is 0 Å². The zero-order valence-corrected chi connectivity index (χ0v) is 9.26. The Labute approximate surface area is 98.1 Å². The van der Waals surface area contributed by atoms with Crippen molar-refractivity contribution in [3.8, 4) is 0 Å². The monoisotopic (exact) mass is 234 g/mol. The van der Waals surface area contributed by atoms with Crippen LogP contribution < -0.4 is 11.1 Å². The third-order valence-electron chi connectivity index (χ3n) is 2.22. The van der Waals surface area contributed by atoms with Gasteiger partial charge in [-0.1, -0.05) is 0 Å². The largest absolute Gasteiger partial charge is 0.347 e. The number of rotatable bonds is 5. The summed E-state index contributed by atoms with van der Waals surface area (Å²) in [7, 11) is 0. The van der Waals surface area contributed by atoms with E-state index in [4.69, 9.17) is 5.73 Å². The van der Waals surface area contributed by atoms with Crippen molar-refractivity contribution < 1.29 is 4.79 Å². The van der Waals surface area contributed by atoms with E-state index in [1.54, 1.807) is 29.5 Å². The van der Waals surface area contributed by atoms with Gasteiger partial charge >= 0.3 is 0 Å². The maximum Gasteiger partial charge on any atom is 0.271 e. The van der Waals surface area contributed by atoms with Crippen molar-refractivity contribution in [1.29, 1.82) is 0 Å². The molecular weight excluding hydrogens is 220 g/mol. The zero-order chi connectivity index (χ0) is 12.1. The highest BCUT2D eigenvalue weighted by atomic mass is 16.1. The summed E-state index contributed by atoms with van der Waals surface area (Å²) in [6.07, 6.45) is 6.61. The average molecular weight is 234 g/mol. The van der Waals surface area contributed by atoms with Gasteiger partial charge in [-0.05, 0) is 0 Å². The molecule has 0 saturated carbocycles. The van der Waals surface area contributed by atoms with Crippen LogP contribution in [0.3, 0.4) is 0 Å². The van der Waals surface area contributed by atoms with Gasteiger partial charge in [0.05, 0.1) is 12.9 Å². The molecule has 0 bridgehead atoms. The number of amides is 1. The number of H-pyrrole nitrogens is 1. The van der Waals surface area contributed by atoms with E-state index in [0.29, 0.717) is 31.2 Å². The number of aromatic amines is 1. The molecule has 90 valence electrons. The molecule has 0 aliphatic carbocycles. The molecule has 4 N–H and O–H groups in total. The molecule has 1 amide bonds. The van der Waals surface area contributed by atoms with Crippen LogP contribution in [0.5, 0.6) is 0 Å². The highest BCUT2D eigenvalue weighted by Gasteiger charge is 2.09. The molecule has 2 rings (SSSR count). The molecule has 2 aromatic heterocycles. The van der Waals surface area contributed by atoms with Crippen molar-refractivity contribution in [2.24, 2.45) is 5.73 Å². The normalized spacial score (nSPS) is 10.4. The highest BCUT2D eigenvalue weighted by molar-refractivity contribution is 5.91. The van der Waals surface area contributed by atoms with Gasteiger partial charge in [0.15, 0.2) is 0 Å². The Morgan fingerprint density at radius 1 is 1.53 bits per heavy atom. The first-order valence-electron chi connectivity index (χ1n) is 5.28. The zero-order valence-electron chi connectivity index (χ0n) is 9.26. The van der Waals surface area contributed by atoms with Crippen LogP contribution in [0.1, 0.15) is 16.3 Å². The molecule has 0 radical (unpaired) electrons. The third kappa shape index (κ3) is 2.91. The van der Waals surface area contributed by atoms with E-state index in [1.807, 2.05) is 0 Å². The minimum absolute atomic E-state index is 0.225. The molecule has 0 fully saturated rings. The smallest absolute Gasteiger partial charge is 0.271 e. The van der Waals surface area contributed by atoms with E-state index < -0.39 is 0 Å². The van der Waals surface area contributed by atoms with Gasteiger partial charge in [0, 0.05) is 31.7 Å². The summed E-state index contributed by atoms with van der Waals surface area (Å²) in [5, 5.41) is 2.72. The molecule has 0 spiro atoms. The van der Waals surface area contributed by atoms with E-state index in [-0.39, 0.29) is 5.91 Å². The van der Waals surface area contributed by atoms with E-state index in [1.165, 1.54) is 0 Å². The molecule has 0 atom stereocenters. The minimum Gasteiger partial charge on any atom is -0.347 e. The predicted octanol–water partition coefficient (Wildman–Crippen LogP) is -0.505. The number of carbonyl (C=O) groups is 1. The number of nitrogens with zero attached hydrogens (tertiary/aromatic N) is 3. The van der Waals surface area contributed by atoms with Crippen LogP contribution in [-0.4, -0.2) is 32.0 Å². The fraction of sp³-hybridized carbons (Fsp3) is 0.300. The number of hydrogen-bond acceptors (Lipinski definition) is 4. The molecular formula is C10H14N6O. The Hall–Kier alpha value is -2.15. The molecule has 2 aromatic rings. The number of nitrogens with one attached hydrogen (secondary N) is 2. The number of hydrogen-bond donors (Lipinski definition) is 3. The lowest BCUT2D eigenvalue weighted by atomic mass is 10.4. The van der Waals surface area contributed by atoms with Gasteiger partial charge in [-0.15, -0.1) is 0 Å². The average Bonchev–Trinajstić information content (AvgIpc) is 2.97. The summed E-state index contributed by atoms with van der Waals surface area (Å²) in [4.78, 5) is 22.6. The van der Waals surface area contributed by atoms with Crippen LogP contribution >= 0.6 is 0 Å². The van der Waals surface area contributed by atoms with Crippen molar-refractivity contribution in [1.82, 2.24) is 24.8 Å². The van der Waals surface area contributed by atoms with E-state index in [0.717, 1.165) is 0 Å². The first kappa shape index (κ1) is 11.3. The van der Waals surface area contributed by atoms with Gasteiger partial charge in [0.1, 0.15) is 11.5 Å². The number of aromatic nitrogens is 4. The van der Waals surface area contributed by atoms with Gasteiger partial charge < -0.3 is 20.6 Å². The van der Waals surface area contributed by atoms with E-state index >= 15 is 0 Å². The van der Waals surface area contributed by atoms with Crippen molar-refractivity contribution in [2.75, 3.05) is 6.54 Å². The second-order valence-electron chi connectivity index (χ2n) is 3.50. The first-order valence-corrected chi connectivity index (χ1v) is 5.28. The molecule has 0 saturated heterocycles. The summed E-state index contributed by atoms with van der Waals surface area (Å²) >= 11 is 0. The molecule has 0 aliphatic rings. The molecule has 7 nitrogen and oxygen atoms in total. The third-order valence-corrected chi connectivity index (χ3v) is 2.22. The molecule has 2 heterocycles. The number of nitrogens with two attached hydrogens (primary N) is 1. The van der Waals surface area contributed by atoms with Crippen LogP contribution in [0.15, 0.2) is 24.9 Å². The molecule has 0 unspecified atom stereocenters. The van der Waals surface area contributed by atoms with Crippen molar-refractivity contribution in [3.05, 3.63) is 36.4 Å². The molecule has 0 aliphatic heterocycles. The summed E-state index contributed by atoms with van der Waals surface area (Å²) in [5.74, 6) is 0.483. The second-order valence-corrected chi connectivity index (χ2v) is 3.50. The molecule has 0 aromatic carbocycles. The highest BCUT2D eigenvalue weighted by Crippen LogP contribution is 1.96. The van der Waals surface area contributed by atoms with E-state index in [9.17, 15) is 4.79 Å². The maximum atomic E-state index is 11.7. The van der Waals surface area contributed by atoms with E-state index in [2.05, 4.69) is 20.3 Å². The van der Waals surface area contributed by atoms with Gasteiger partial charge in [0.25, 0.3) is 5.91 Å². The number of carbonyl (C=O) groups excluding carboxylic acids is 1. The standard InChI is InChI=1S/C10H14N6O/c11-1-4-16-6-8(15-7-16)10(17)14-5-9-12-2-3-13-9/h2-3,6-7H,1,4-5,11H2,(H,12,13)(H,14,17). The Balaban J connectivity index is 1.90. The molecule has 7 heteroatoms. The Morgan fingerprint density at radius 2 is 2.41 bits per heavy atom. The lowest BCUT2D eigenvalue weighted by Crippen LogP contribution is -2.23. The fourth-order valence-electron chi connectivity index (χ4n) is 1.40. The quantitative estimate of drug-likeness (QED) is 0.648. The second kappa shape index (κ2) is 5.26. The number of imidazole rings is 2. The summed E-state index contributed by atoms with van der Waals surface area (Å²) in [6.45, 7) is 1.53. The van der Waals surface area contributed by atoms with Crippen LogP contribution in [0.25, 0.3) is 0 Å². The van der Waals surface area contributed by atoms with Crippen LogP contribution in [0.2, 0.25) is 0 Å². The topological polar surface area (TPSA) is 102 Å². The van der Waals surface area contributed by atoms with Crippen molar-refractivity contribution in [2.45, 2.75) is 13.1 Å². The van der Waals surface area contributed by atoms with Gasteiger partial charge in [-0.25, -0.2) is 9.97 Å². The lowest BCUT2D eigenvalue weighted by molar-refractivity contribution is 0.0945.